The molecule has 1 aliphatic carbocycles. The number of nitrogens with zero attached hydrogens (tertiary/aromatic N) is 1. The van der Waals surface area contributed by atoms with Gasteiger partial charge in [-0.25, -0.2) is 0 Å². The van der Waals surface area contributed by atoms with Crippen LogP contribution in [0.4, 0.5) is 0 Å². The number of hydrogen-bond acceptors (Lipinski definition) is 4. The number of carbonyl (C=O) groups excluding carboxylic acids is 1. The Kier molecular flexibility index (Phi) is 16.0. The number of thiophene rings is 1. The number of aryl methyl sites for hydroxylation is 1. The zero-order valence-corrected chi connectivity index (χ0v) is 41.1. The normalized spacial score (nSPS) is 15.2. The number of hydrogen-bond donors (Lipinski definition) is 1. The van der Waals surface area contributed by atoms with E-state index in [4.69, 9.17) is 4.98 Å². The van der Waals surface area contributed by atoms with Gasteiger partial charge in [-0.1, -0.05) is 143 Å². The quantitative estimate of drug-likeness (QED) is 0.0862. The molecule has 1 radical (unpaired) electrons. The van der Waals surface area contributed by atoms with Gasteiger partial charge in [-0.2, -0.15) is 0 Å². The number of fused-ring (bicyclic) bond motifs is 2. The third kappa shape index (κ3) is 11.0. The second-order valence-corrected chi connectivity index (χ2v) is 21.1. The first kappa shape index (κ1) is 47.6. The van der Waals surface area contributed by atoms with Gasteiger partial charge in [0.05, 0.1) is 5.76 Å². The molecule has 5 heteroatoms. The van der Waals surface area contributed by atoms with Gasteiger partial charge < -0.3 is 5.11 Å². The molecule has 1 fully saturated rings. The maximum atomic E-state index is 12.3. The number of carbonyl (C=O) groups is 1. The average Bonchev–Trinajstić information content (AvgIpc) is 3.46. The summed E-state index contributed by atoms with van der Waals surface area (Å²) in [6.45, 7) is 30.6. The minimum absolute atomic E-state index is 0. The molecule has 3 nitrogen and oxygen atoms in total. The molecule has 0 saturated heterocycles. The summed E-state index contributed by atoms with van der Waals surface area (Å²) in [7, 11) is 0. The summed E-state index contributed by atoms with van der Waals surface area (Å²) >= 11 is 1.88. The largest absolute Gasteiger partial charge is 0.512 e. The number of pyridine rings is 1. The molecular formula is C53H70IrNO2S-. The molecule has 0 bridgehead atoms. The Morgan fingerprint density at radius 2 is 1.41 bits per heavy atom. The van der Waals surface area contributed by atoms with Gasteiger partial charge in [0.2, 0.25) is 0 Å². The van der Waals surface area contributed by atoms with E-state index in [1.807, 2.05) is 17.5 Å². The fourth-order valence-electron chi connectivity index (χ4n) is 9.45. The number of ketones is 1. The fourth-order valence-corrected chi connectivity index (χ4v) is 10.8. The van der Waals surface area contributed by atoms with Crippen LogP contribution in [0, 0.1) is 53.9 Å². The van der Waals surface area contributed by atoms with Crippen LogP contribution in [0.3, 0.4) is 0 Å². The number of benzene rings is 3. The minimum atomic E-state index is -0.0119. The molecule has 2 heterocycles. The summed E-state index contributed by atoms with van der Waals surface area (Å²) in [5.74, 6) is 2.33. The van der Waals surface area contributed by atoms with Crippen LogP contribution in [0.15, 0.2) is 78.7 Å². The third-order valence-electron chi connectivity index (χ3n) is 12.5. The average molecular weight is 977 g/mol. The van der Waals surface area contributed by atoms with Crippen LogP contribution >= 0.6 is 11.3 Å². The predicted octanol–water partition coefficient (Wildman–Crippen LogP) is 15.7. The second kappa shape index (κ2) is 19.5. The number of aliphatic hydroxyl groups is 1. The number of rotatable bonds is 10. The van der Waals surface area contributed by atoms with Crippen molar-refractivity contribution in [1.82, 2.24) is 4.98 Å². The monoisotopic (exact) mass is 977 g/mol. The molecule has 3 aromatic carbocycles. The van der Waals surface area contributed by atoms with Crippen LogP contribution < -0.4 is 0 Å². The first-order chi connectivity index (χ1) is 26.7. The standard InChI is InChI=1S/C36H38NS.C17H32O2.Ir/c1-23-29-17-20-37-32(28-21-27-9-7-8-10-30(27)31(22-28)35(2,3)4)34(29)38-33(23)26-13-11-24(12-14-26)25-15-18-36(5,6)19-16-25;1-10(2)16(11(3)4)14(18)9-15(19)17(12(5)6)13(7)8;/h7-14,17,20,22,25H,15-16,18-19H2,1-6H3;9-13,16-18H,1-8H3;/q-1;;/b;14-9-;. The predicted molar refractivity (Wildman–Crippen MR) is 247 cm³/mol. The molecule has 6 rings (SSSR count). The van der Waals surface area contributed by atoms with Crippen molar-refractivity contribution in [3.63, 3.8) is 0 Å². The van der Waals surface area contributed by atoms with Crippen molar-refractivity contribution in [2.75, 3.05) is 0 Å². The Hall–Kier alpha value is -3.11. The van der Waals surface area contributed by atoms with Gasteiger partial charge in [0.1, 0.15) is 0 Å². The fraction of sp³-hybridized carbons (Fsp3) is 0.509. The molecule has 0 unspecified atom stereocenters. The van der Waals surface area contributed by atoms with Crippen molar-refractivity contribution >= 4 is 38.0 Å². The van der Waals surface area contributed by atoms with Gasteiger partial charge >= 0.3 is 0 Å². The van der Waals surface area contributed by atoms with E-state index in [9.17, 15) is 9.90 Å². The third-order valence-corrected chi connectivity index (χ3v) is 13.9. The van der Waals surface area contributed by atoms with Crippen LogP contribution in [0.2, 0.25) is 0 Å². The Bertz CT molecular complexity index is 2150. The summed E-state index contributed by atoms with van der Waals surface area (Å²) in [5.41, 5.74) is 8.17. The van der Waals surface area contributed by atoms with E-state index in [1.54, 1.807) is 0 Å². The molecule has 2 aromatic heterocycles. The first-order valence-electron chi connectivity index (χ1n) is 21.6. The summed E-state index contributed by atoms with van der Waals surface area (Å²) < 4.78 is 1.25. The molecule has 58 heavy (non-hydrogen) atoms. The summed E-state index contributed by atoms with van der Waals surface area (Å²) in [6.07, 6.45) is 8.72. The summed E-state index contributed by atoms with van der Waals surface area (Å²) in [6, 6.07) is 26.3. The topological polar surface area (TPSA) is 50.2 Å². The zero-order chi connectivity index (χ0) is 42.0. The van der Waals surface area contributed by atoms with E-state index in [0.29, 0.717) is 35.0 Å². The molecule has 0 aliphatic heterocycles. The summed E-state index contributed by atoms with van der Waals surface area (Å²) in [4.78, 5) is 18.6. The van der Waals surface area contributed by atoms with Gasteiger partial charge in [0.15, 0.2) is 5.78 Å². The molecule has 0 spiro atoms. The molecule has 0 amide bonds. The number of allylic oxidation sites excluding steroid dienone is 2. The minimum Gasteiger partial charge on any atom is -0.512 e. The Morgan fingerprint density at radius 1 is 0.845 bits per heavy atom. The van der Waals surface area contributed by atoms with E-state index in [-0.39, 0.29) is 48.9 Å². The molecule has 1 N–H and O–H groups in total. The molecule has 1 aliphatic rings. The van der Waals surface area contributed by atoms with Gasteiger partial charge in [-0.3, -0.25) is 9.78 Å². The maximum absolute atomic E-state index is 12.3. The first-order valence-corrected chi connectivity index (χ1v) is 22.4. The molecule has 5 aromatic rings. The van der Waals surface area contributed by atoms with Crippen molar-refractivity contribution in [1.29, 1.82) is 0 Å². The van der Waals surface area contributed by atoms with Gasteiger partial charge in [-0.05, 0) is 101 Å². The Balaban J connectivity index is 0.000000319. The van der Waals surface area contributed by atoms with E-state index < -0.39 is 0 Å². The van der Waals surface area contributed by atoms with E-state index >= 15 is 0 Å². The number of aromatic nitrogens is 1. The van der Waals surface area contributed by atoms with Crippen molar-refractivity contribution in [3.8, 4) is 21.7 Å². The molecule has 0 atom stereocenters. The van der Waals surface area contributed by atoms with E-state index in [2.05, 4.69) is 164 Å². The maximum Gasteiger partial charge on any atom is 0.162 e. The van der Waals surface area contributed by atoms with Crippen molar-refractivity contribution in [2.24, 2.45) is 40.9 Å². The number of aliphatic hydroxyl groups excluding tert-OH is 1. The Labute approximate surface area is 368 Å². The van der Waals surface area contributed by atoms with Crippen molar-refractivity contribution in [3.05, 3.63) is 101 Å². The Morgan fingerprint density at radius 3 is 1.97 bits per heavy atom. The SMILES string of the molecule is CC(C)C(C(=O)/C=C(\O)C(C(C)C)C(C)C)C(C)C.Cc1c(-c2ccc(C3CCC(C)(C)CC3)cc2)sc2c(-c3[c-]c4ccccc4c(C(C)(C)C)c3)nccc12.[Ir]. The van der Waals surface area contributed by atoms with Gasteiger partial charge in [0.25, 0.3) is 0 Å². The van der Waals surface area contributed by atoms with E-state index in [1.165, 1.54) is 74.4 Å². The van der Waals surface area contributed by atoms with Gasteiger partial charge in [0, 0.05) is 59.5 Å². The summed E-state index contributed by atoms with van der Waals surface area (Å²) in [5, 5.41) is 14.0. The second-order valence-electron chi connectivity index (χ2n) is 20.0. The smallest absolute Gasteiger partial charge is 0.162 e. The van der Waals surface area contributed by atoms with Gasteiger partial charge in [-0.15, -0.1) is 40.5 Å². The van der Waals surface area contributed by atoms with Crippen LogP contribution in [-0.2, 0) is 30.3 Å². The van der Waals surface area contributed by atoms with E-state index in [0.717, 1.165) is 16.6 Å². The van der Waals surface area contributed by atoms with Crippen molar-refractivity contribution < 1.29 is 30.0 Å². The molecule has 1 saturated carbocycles. The van der Waals surface area contributed by atoms with Crippen LogP contribution in [0.25, 0.3) is 42.6 Å². The molecule has 315 valence electrons. The van der Waals surface area contributed by atoms with Crippen LogP contribution in [0.5, 0.6) is 0 Å². The zero-order valence-electron chi connectivity index (χ0n) is 37.8. The van der Waals surface area contributed by atoms with Crippen molar-refractivity contribution in [2.45, 2.75) is 134 Å². The molecular weight excluding hydrogens is 907 g/mol. The van der Waals surface area contributed by atoms with Crippen LogP contribution in [0.1, 0.15) is 138 Å². The van der Waals surface area contributed by atoms with Crippen LogP contribution in [-0.4, -0.2) is 15.9 Å².